The van der Waals surface area contributed by atoms with Crippen LogP contribution >= 0.6 is 0 Å². The highest BCUT2D eigenvalue weighted by Gasteiger charge is 2.35. The van der Waals surface area contributed by atoms with Crippen molar-refractivity contribution in [3.05, 3.63) is 144 Å². The molecule has 0 saturated carbocycles. The van der Waals surface area contributed by atoms with E-state index in [1.54, 1.807) is 42.9 Å². The molecule has 7 atom stereocenters. The zero-order valence-corrected chi connectivity index (χ0v) is 48.1. The lowest BCUT2D eigenvalue weighted by Gasteiger charge is -2.28. The number of hydrogen-bond acceptors (Lipinski definition) is 11. The van der Waals surface area contributed by atoms with Crippen molar-refractivity contribution in [1.29, 1.82) is 0 Å². The topological polar surface area (TPSA) is 484 Å². The smallest absolute Gasteiger partial charge is 0.243 e. The third kappa shape index (κ3) is 19.0. The minimum Gasteiger partial charge on any atom is -0.370 e. The molecule has 0 radical (unpaired) electrons. The van der Waals surface area contributed by atoms with Crippen LogP contribution in [0.3, 0.4) is 0 Å². The number of primary amides is 1. The quantitative estimate of drug-likeness (QED) is 0.0137. The molecular weight excluding hydrogens is 1110 g/mol. The molecule has 0 bridgehead atoms. The van der Waals surface area contributed by atoms with Gasteiger partial charge in [-0.3, -0.25) is 48.5 Å². The average Bonchev–Trinajstić information content (AvgIpc) is 2.78. The second-order valence-electron chi connectivity index (χ2n) is 21.1. The second kappa shape index (κ2) is 31.5. The van der Waals surface area contributed by atoms with Gasteiger partial charge in [0.15, 0.2) is 17.9 Å². The zero-order chi connectivity index (χ0) is 62.4. The first-order valence-electron chi connectivity index (χ1n) is 28.6. The number of fused-ring (bicyclic) bond motifs is 3. The number of aromatic amines is 3. The van der Waals surface area contributed by atoms with Crippen molar-refractivity contribution in [1.82, 2.24) is 46.9 Å². The van der Waals surface area contributed by atoms with E-state index in [9.17, 15) is 24.0 Å². The molecule has 25 N–H and O–H groups in total. The van der Waals surface area contributed by atoms with Crippen molar-refractivity contribution in [2.75, 3.05) is 19.6 Å². The van der Waals surface area contributed by atoms with Crippen molar-refractivity contribution in [3.8, 4) is 0 Å². The molecule has 3 heterocycles. The summed E-state index contributed by atoms with van der Waals surface area (Å²) in [4.78, 5) is 123. The molecule has 7 aromatic rings. The molecule has 3 aromatic heterocycles. The monoisotopic (exact) mass is 1190 g/mol. The molecule has 0 fully saturated rings. The number of amides is 7. The summed E-state index contributed by atoms with van der Waals surface area (Å²) in [5.74, 6) is -5.88. The van der Waals surface area contributed by atoms with Gasteiger partial charge < -0.3 is 92.7 Å². The largest absolute Gasteiger partial charge is 0.370 e. The molecular formula is C60H78N20O7. The number of aliphatic imine (C=N–C) groups is 3. The molecule has 0 aliphatic heterocycles. The van der Waals surface area contributed by atoms with E-state index in [-0.39, 0.29) is 95.3 Å². The van der Waals surface area contributed by atoms with E-state index in [1.165, 1.54) is 0 Å². The van der Waals surface area contributed by atoms with Crippen LogP contribution in [0.5, 0.6) is 0 Å². The van der Waals surface area contributed by atoms with Crippen LogP contribution in [0, 0.1) is 0 Å². The lowest BCUT2D eigenvalue weighted by Crippen LogP contribution is -2.60. The number of nitrogens with one attached hydrogen (secondary N) is 9. The molecule has 460 valence electrons. The van der Waals surface area contributed by atoms with E-state index in [4.69, 9.17) is 45.9 Å². The van der Waals surface area contributed by atoms with Crippen LogP contribution in [0.4, 0.5) is 0 Å². The number of nitrogens with zero attached hydrogens (tertiary/aromatic N) is 3. The summed E-state index contributed by atoms with van der Waals surface area (Å²) < 4.78 is 0. The van der Waals surface area contributed by atoms with Gasteiger partial charge in [-0.2, -0.15) is 0 Å². The number of carbonyl (C=O) groups excluding carboxylic acids is 7. The fourth-order valence-electron chi connectivity index (χ4n) is 10.1. The van der Waals surface area contributed by atoms with Gasteiger partial charge in [-0.25, -0.2) is 0 Å². The Hall–Kier alpha value is -10.4. The molecule has 0 unspecified atom stereocenters. The van der Waals surface area contributed by atoms with Crippen LogP contribution in [-0.2, 0) is 59.2 Å². The normalized spacial score (nSPS) is 13.6. The molecule has 7 amide bonds. The predicted molar refractivity (Wildman–Crippen MR) is 335 cm³/mol. The van der Waals surface area contributed by atoms with Gasteiger partial charge >= 0.3 is 0 Å². The van der Waals surface area contributed by atoms with E-state index < -0.39 is 83.6 Å². The summed E-state index contributed by atoms with van der Waals surface area (Å²) in [5.41, 5.74) is 50.3. The van der Waals surface area contributed by atoms with Crippen molar-refractivity contribution >= 4 is 91.9 Å². The molecule has 7 rings (SSSR count). The minimum atomic E-state index is -1.45. The highest BCUT2D eigenvalue weighted by Crippen LogP contribution is 2.23. The fourth-order valence-corrected chi connectivity index (χ4v) is 10.1. The first-order valence-corrected chi connectivity index (χ1v) is 28.6. The van der Waals surface area contributed by atoms with E-state index in [0.29, 0.717) is 23.1 Å². The van der Waals surface area contributed by atoms with Crippen molar-refractivity contribution in [3.63, 3.8) is 0 Å². The van der Waals surface area contributed by atoms with E-state index >= 15 is 9.59 Å². The van der Waals surface area contributed by atoms with Gasteiger partial charge in [-0.15, -0.1) is 0 Å². The van der Waals surface area contributed by atoms with Crippen LogP contribution in [0.2, 0.25) is 0 Å². The van der Waals surface area contributed by atoms with Crippen molar-refractivity contribution in [2.24, 2.45) is 60.8 Å². The SMILES string of the molecule is NC(=O)[C@H](Cc1ccccc1)NC(=O)[C@H](Cc1c[nH]c2ccccc12)NC(=O)[C@H](Cc1c[nH]c2ccccc12)NC(=O)[C@H](Cc1c[nH]c2ccccc12)NC(=O)[C@H](CCCN=C(N)N)NC(=O)[C@H](CCCN=C(N)N)NC(=O)[C@@H](N)CCCN=C(N)N. The predicted octanol–water partition coefficient (Wildman–Crippen LogP) is -0.717. The lowest BCUT2D eigenvalue weighted by atomic mass is 9.99. The van der Waals surface area contributed by atoms with E-state index in [0.717, 1.165) is 38.3 Å². The lowest BCUT2D eigenvalue weighted by molar-refractivity contribution is -0.135. The summed E-state index contributed by atoms with van der Waals surface area (Å²) >= 11 is 0. The summed E-state index contributed by atoms with van der Waals surface area (Å²) in [6.45, 7) is 0.359. The number of aromatic nitrogens is 3. The highest BCUT2D eigenvalue weighted by molar-refractivity contribution is 5.99. The molecule has 87 heavy (non-hydrogen) atoms. The second-order valence-corrected chi connectivity index (χ2v) is 21.1. The number of hydrogen-bond donors (Lipinski definition) is 17. The molecule has 0 aliphatic rings. The molecule has 0 spiro atoms. The first kappa shape index (κ1) is 64.1. The van der Waals surface area contributed by atoms with Crippen LogP contribution in [0.15, 0.2) is 137 Å². The van der Waals surface area contributed by atoms with Gasteiger partial charge in [0.25, 0.3) is 0 Å². The summed E-state index contributed by atoms with van der Waals surface area (Å²) in [6.07, 6.45) is 5.73. The van der Waals surface area contributed by atoms with Gasteiger partial charge in [-0.1, -0.05) is 84.9 Å². The standard InChI is InChI=1S/C60H78N20O7/c61-41(18-10-24-69-58(63)64)52(82)75-45(22-11-25-70-59(65)66)53(83)76-46(23-12-26-71-60(67)68)54(84)78-49(29-36-32-73-43-20-8-5-16-39(36)43)56(86)80-50(30-37-33-74-44-21-9-6-17-40(37)44)57(87)79-48(28-35-31-72-42-19-7-4-15-38(35)42)55(85)77-47(51(62)81)27-34-13-2-1-3-14-34/h1-9,13-17,19-21,31-33,41,45-50,72-74H,10-12,18,22-30,61H2,(H2,62,81)(H,75,82)(H,76,83)(H,77,85)(H,78,84)(H,79,87)(H,80,86)(H4,63,64,69)(H4,65,66,70)(H4,67,68,71)/t41-,45-,46-,47-,48-,49-,50-/m0/s1. The number of guanidine groups is 3. The maximum absolute atomic E-state index is 15.4. The van der Waals surface area contributed by atoms with Crippen LogP contribution in [0.1, 0.15) is 60.8 Å². The van der Waals surface area contributed by atoms with E-state index in [1.807, 2.05) is 78.9 Å². The van der Waals surface area contributed by atoms with E-state index in [2.05, 4.69) is 61.8 Å². The zero-order valence-electron chi connectivity index (χ0n) is 48.1. The van der Waals surface area contributed by atoms with Gasteiger partial charge in [0.2, 0.25) is 41.4 Å². The van der Waals surface area contributed by atoms with Crippen molar-refractivity contribution < 1.29 is 33.6 Å². The Morgan fingerprint density at radius 3 is 1.05 bits per heavy atom. The Labute approximate surface area is 501 Å². The van der Waals surface area contributed by atoms with Crippen LogP contribution in [-0.4, -0.2) is 136 Å². The first-order chi connectivity index (χ1) is 41.8. The summed E-state index contributed by atoms with van der Waals surface area (Å²) in [5, 5.41) is 19.2. The maximum Gasteiger partial charge on any atom is 0.243 e. The minimum absolute atomic E-state index is 0.00655. The Morgan fingerprint density at radius 1 is 0.368 bits per heavy atom. The third-order valence-electron chi connectivity index (χ3n) is 14.6. The number of carbonyl (C=O) groups is 7. The average molecular weight is 1190 g/mol. The number of rotatable bonds is 33. The Bertz CT molecular complexity index is 3580. The van der Waals surface area contributed by atoms with Crippen molar-refractivity contribution in [2.45, 2.75) is 107 Å². The highest BCUT2D eigenvalue weighted by atomic mass is 16.2. The Kier molecular flexibility index (Phi) is 23.2. The fraction of sp³-hybridized carbons (Fsp3) is 0.333. The number of para-hydroxylation sites is 3. The van der Waals surface area contributed by atoms with Crippen LogP contribution < -0.4 is 77.8 Å². The van der Waals surface area contributed by atoms with Gasteiger partial charge in [0, 0.05) is 96.6 Å². The number of benzene rings is 4. The maximum atomic E-state index is 15.4. The molecule has 27 heteroatoms. The van der Waals surface area contributed by atoms with Crippen LogP contribution in [0.25, 0.3) is 32.7 Å². The summed E-state index contributed by atoms with van der Waals surface area (Å²) in [6, 6.07) is 22.1. The third-order valence-corrected chi connectivity index (χ3v) is 14.6. The van der Waals surface area contributed by atoms with Gasteiger partial charge in [0.05, 0.1) is 6.04 Å². The number of nitrogens with two attached hydrogens (primary N) is 8. The number of H-pyrrole nitrogens is 3. The van der Waals surface area contributed by atoms with Gasteiger partial charge in [0.1, 0.15) is 36.3 Å². The molecule has 27 nitrogen and oxygen atoms in total. The summed E-state index contributed by atoms with van der Waals surface area (Å²) in [7, 11) is 0. The van der Waals surface area contributed by atoms with Gasteiger partial charge in [-0.05, 0) is 79.0 Å². The molecule has 0 aliphatic carbocycles. The molecule has 4 aromatic carbocycles. The Balaban J connectivity index is 1.21. The Morgan fingerprint density at radius 2 is 0.678 bits per heavy atom. The molecule has 0 saturated heterocycles.